The summed E-state index contributed by atoms with van der Waals surface area (Å²) in [6.45, 7) is -0.366. The summed E-state index contributed by atoms with van der Waals surface area (Å²) in [4.78, 5) is 12.1. The molecule has 1 amide bonds. The zero-order valence-electron chi connectivity index (χ0n) is 12.2. The number of nitrogens with one attached hydrogen (secondary N) is 1. The smallest absolute Gasteiger partial charge is 0.394 e. The number of amides is 1. The van der Waals surface area contributed by atoms with Gasteiger partial charge in [-0.3, -0.25) is 4.79 Å². The van der Waals surface area contributed by atoms with Crippen molar-refractivity contribution in [1.29, 1.82) is 0 Å². The molecule has 2 N–H and O–H groups in total. The normalized spacial score (nSPS) is 12.7. The summed E-state index contributed by atoms with van der Waals surface area (Å²) in [5, 5.41) is 11.8. The summed E-state index contributed by atoms with van der Waals surface area (Å²) in [5.41, 5.74) is -0.573. The second kappa shape index (κ2) is 7.28. The topological polar surface area (TPSA) is 49.3 Å². The van der Waals surface area contributed by atoms with Crippen LogP contribution in [0.4, 0.5) is 13.2 Å². The first kappa shape index (κ1) is 17.0. The maximum Gasteiger partial charge on any atom is 0.417 e. The number of rotatable bonds is 5. The van der Waals surface area contributed by atoms with Crippen molar-refractivity contribution in [2.45, 2.75) is 18.6 Å². The lowest BCUT2D eigenvalue weighted by Crippen LogP contribution is -2.39. The molecular weight excluding hydrogens is 307 g/mol. The van der Waals surface area contributed by atoms with E-state index in [9.17, 15) is 23.1 Å². The summed E-state index contributed by atoms with van der Waals surface area (Å²) in [7, 11) is 0. The minimum Gasteiger partial charge on any atom is -0.394 e. The summed E-state index contributed by atoms with van der Waals surface area (Å²) in [5.74, 6) is -0.854. The average Bonchev–Trinajstić information content (AvgIpc) is 2.54. The Morgan fingerprint density at radius 1 is 1.04 bits per heavy atom. The van der Waals surface area contributed by atoms with Gasteiger partial charge in [0, 0.05) is 0 Å². The molecule has 23 heavy (non-hydrogen) atoms. The van der Waals surface area contributed by atoms with Crippen LogP contribution >= 0.6 is 0 Å². The van der Waals surface area contributed by atoms with E-state index in [1.165, 1.54) is 12.1 Å². The first-order chi connectivity index (χ1) is 10.9. The van der Waals surface area contributed by atoms with Crippen LogP contribution < -0.4 is 5.32 Å². The Hall–Kier alpha value is -2.34. The maximum absolute atomic E-state index is 12.9. The van der Waals surface area contributed by atoms with Gasteiger partial charge in [-0.05, 0) is 24.1 Å². The molecule has 0 bridgehead atoms. The van der Waals surface area contributed by atoms with Crippen LogP contribution in [-0.4, -0.2) is 23.7 Å². The van der Waals surface area contributed by atoms with Crippen molar-refractivity contribution >= 4 is 5.91 Å². The molecule has 0 heterocycles. The van der Waals surface area contributed by atoms with Crippen molar-refractivity contribution in [1.82, 2.24) is 5.32 Å². The molecule has 0 saturated carbocycles. The van der Waals surface area contributed by atoms with Crippen LogP contribution in [0, 0.1) is 0 Å². The van der Waals surface area contributed by atoms with E-state index < -0.39 is 29.3 Å². The molecule has 2 aromatic carbocycles. The molecule has 0 aromatic heterocycles. The zero-order valence-corrected chi connectivity index (χ0v) is 12.2. The van der Waals surface area contributed by atoms with E-state index in [-0.39, 0.29) is 6.61 Å². The van der Waals surface area contributed by atoms with Gasteiger partial charge in [-0.2, -0.15) is 13.2 Å². The minimum absolute atomic E-state index is 0.331. The highest BCUT2D eigenvalue weighted by molar-refractivity contribution is 5.96. The predicted molar refractivity (Wildman–Crippen MR) is 79.9 cm³/mol. The lowest BCUT2D eigenvalue weighted by Gasteiger charge is -2.18. The fourth-order valence-corrected chi connectivity index (χ4v) is 2.25. The van der Waals surface area contributed by atoms with E-state index in [4.69, 9.17) is 0 Å². The largest absolute Gasteiger partial charge is 0.417 e. The second-order valence-electron chi connectivity index (χ2n) is 5.09. The van der Waals surface area contributed by atoms with E-state index in [0.29, 0.717) is 6.42 Å². The van der Waals surface area contributed by atoms with Gasteiger partial charge in [-0.25, -0.2) is 0 Å². The third-order valence-corrected chi connectivity index (χ3v) is 3.36. The first-order valence-corrected chi connectivity index (χ1v) is 7.03. The van der Waals surface area contributed by atoms with Crippen molar-refractivity contribution in [3.05, 3.63) is 71.3 Å². The molecular formula is C17H16F3NO2. The minimum atomic E-state index is -4.61. The van der Waals surface area contributed by atoms with E-state index in [2.05, 4.69) is 5.32 Å². The number of aliphatic hydroxyl groups excluding tert-OH is 1. The molecule has 2 aromatic rings. The van der Waals surface area contributed by atoms with Gasteiger partial charge in [0.2, 0.25) is 0 Å². The maximum atomic E-state index is 12.9. The van der Waals surface area contributed by atoms with Gasteiger partial charge in [0.15, 0.2) is 0 Å². The first-order valence-electron chi connectivity index (χ1n) is 7.03. The number of hydrogen-bond donors (Lipinski definition) is 2. The fraction of sp³-hybridized carbons (Fsp3) is 0.235. The summed E-state index contributed by atoms with van der Waals surface area (Å²) in [6, 6.07) is 13.0. The molecule has 0 fully saturated rings. The highest BCUT2D eigenvalue weighted by Gasteiger charge is 2.35. The highest BCUT2D eigenvalue weighted by Crippen LogP contribution is 2.31. The molecule has 0 spiro atoms. The molecule has 6 heteroatoms. The van der Waals surface area contributed by atoms with Crippen LogP contribution in [0.1, 0.15) is 21.5 Å². The number of carbonyl (C=O) groups excluding carboxylic acids is 1. The van der Waals surface area contributed by atoms with Gasteiger partial charge < -0.3 is 10.4 Å². The number of carbonyl (C=O) groups is 1. The van der Waals surface area contributed by atoms with Crippen LogP contribution in [0.15, 0.2) is 54.6 Å². The summed E-state index contributed by atoms with van der Waals surface area (Å²) in [6.07, 6.45) is -4.28. The van der Waals surface area contributed by atoms with Crippen molar-refractivity contribution in [2.24, 2.45) is 0 Å². The molecule has 0 saturated heterocycles. The molecule has 3 nitrogen and oxygen atoms in total. The van der Waals surface area contributed by atoms with Crippen LogP contribution in [0.3, 0.4) is 0 Å². The van der Waals surface area contributed by atoms with Gasteiger partial charge in [-0.1, -0.05) is 42.5 Å². The van der Waals surface area contributed by atoms with Crippen LogP contribution in [-0.2, 0) is 12.6 Å². The van der Waals surface area contributed by atoms with Crippen molar-refractivity contribution in [3.63, 3.8) is 0 Å². The van der Waals surface area contributed by atoms with Gasteiger partial charge in [-0.15, -0.1) is 0 Å². The van der Waals surface area contributed by atoms with Crippen molar-refractivity contribution in [2.75, 3.05) is 6.61 Å². The SMILES string of the molecule is O=C(NC(CO)Cc1ccccc1)c1ccccc1C(F)(F)F. The third kappa shape index (κ3) is 4.56. The predicted octanol–water partition coefficient (Wildman–Crippen LogP) is 3.04. The van der Waals surface area contributed by atoms with E-state index in [1.807, 2.05) is 30.3 Å². The molecule has 2 rings (SSSR count). The van der Waals surface area contributed by atoms with Crippen LogP contribution in [0.5, 0.6) is 0 Å². The Morgan fingerprint density at radius 3 is 2.26 bits per heavy atom. The van der Waals surface area contributed by atoms with Gasteiger partial charge in [0.1, 0.15) is 0 Å². The lowest BCUT2D eigenvalue weighted by atomic mass is 10.0. The number of alkyl halides is 3. The summed E-state index contributed by atoms with van der Waals surface area (Å²) >= 11 is 0. The van der Waals surface area contributed by atoms with Crippen LogP contribution in [0.2, 0.25) is 0 Å². The Kier molecular flexibility index (Phi) is 5.39. The van der Waals surface area contributed by atoms with Crippen molar-refractivity contribution < 1.29 is 23.1 Å². The average molecular weight is 323 g/mol. The van der Waals surface area contributed by atoms with E-state index >= 15 is 0 Å². The number of hydrogen-bond acceptors (Lipinski definition) is 2. The molecule has 1 unspecified atom stereocenters. The number of halogens is 3. The Labute approximate surface area is 131 Å². The van der Waals surface area contributed by atoms with E-state index in [1.54, 1.807) is 0 Å². The molecule has 122 valence electrons. The van der Waals surface area contributed by atoms with Crippen LogP contribution in [0.25, 0.3) is 0 Å². The molecule has 1 atom stereocenters. The molecule has 0 aliphatic rings. The highest BCUT2D eigenvalue weighted by atomic mass is 19.4. The fourth-order valence-electron chi connectivity index (χ4n) is 2.25. The molecule has 0 radical (unpaired) electrons. The van der Waals surface area contributed by atoms with Crippen molar-refractivity contribution in [3.8, 4) is 0 Å². The number of aliphatic hydroxyl groups is 1. The van der Waals surface area contributed by atoms with Gasteiger partial charge >= 0.3 is 6.18 Å². The number of benzene rings is 2. The second-order valence-corrected chi connectivity index (χ2v) is 5.09. The summed E-state index contributed by atoms with van der Waals surface area (Å²) < 4.78 is 38.8. The van der Waals surface area contributed by atoms with Gasteiger partial charge in [0.05, 0.1) is 23.8 Å². The quantitative estimate of drug-likeness (QED) is 0.888. The Morgan fingerprint density at radius 2 is 1.65 bits per heavy atom. The molecule has 0 aliphatic heterocycles. The Bertz CT molecular complexity index is 656. The monoisotopic (exact) mass is 323 g/mol. The van der Waals surface area contributed by atoms with Gasteiger partial charge in [0.25, 0.3) is 5.91 Å². The molecule has 0 aliphatic carbocycles. The lowest BCUT2D eigenvalue weighted by molar-refractivity contribution is -0.137. The third-order valence-electron chi connectivity index (χ3n) is 3.36. The van der Waals surface area contributed by atoms with E-state index in [0.717, 1.165) is 17.7 Å². The standard InChI is InChI=1S/C17H16F3NO2/c18-17(19,20)15-9-5-4-8-14(15)16(23)21-13(11-22)10-12-6-2-1-3-7-12/h1-9,13,22H,10-11H2,(H,21,23). The Balaban J connectivity index is 2.14. The zero-order chi connectivity index (χ0) is 16.9.